The maximum atomic E-state index is 12.1. The molecule has 1 saturated heterocycles. The highest BCUT2D eigenvalue weighted by molar-refractivity contribution is 6.41. The summed E-state index contributed by atoms with van der Waals surface area (Å²) in [4.78, 5) is 24.1. The number of alkyl halides is 1. The number of Topliss-reactive ketones (excluding diaryl/α,β-unsaturated/α-hetero) is 1. The van der Waals surface area contributed by atoms with Gasteiger partial charge in [0.15, 0.2) is 11.2 Å². The van der Waals surface area contributed by atoms with Crippen molar-refractivity contribution in [3.8, 4) is 0 Å². The summed E-state index contributed by atoms with van der Waals surface area (Å²) >= 11 is 5.85. The molecule has 0 N–H and O–H groups in total. The number of hydrogen-bond donors (Lipinski definition) is 0. The van der Waals surface area contributed by atoms with Crippen LogP contribution in [0.25, 0.3) is 0 Å². The number of cyclic esters (lactones) is 1. The van der Waals surface area contributed by atoms with Crippen LogP contribution in [0.1, 0.15) is 70.6 Å². The van der Waals surface area contributed by atoms with E-state index in [1.807, 2.05) is 0 Å². The van der Waals surface area contributed by atoms with Crippen molar-refractivity contribution in [2.24, 2.45) is 11.8 Å². The number of carbonyl (C=O) groups excluding carboxylic acids is 2. The number of carbonyl (C=O) groups is 2. The van der Waals surface area contributed by atoms with Crippen LogP contribution in [-0.2, 0) is 14.3 Å². The van der Waals surface area contributed by atoms with Crippen molar-refractivity contribution in [1.82, 2.24) is 0 Å². The fourth-order valence-electron chi connectivity index (χ4n) is 4.57. The highest BCUT2D eigenvalue weighted by atomic mass is 35.5. The Hall–Kier alpha value is -0.570. The Morgan fingerprint density at radius 2 is 1.67 bits per heavy atom. The average molecular weight is 313 g/mol. The third kappa shape index (κ3) is 3.13. The molecule has 0 spiro atoms. The number of halogens is 1. The molecule has 0 aromatic rings. The molecular formula is C17H25ClO3. The Morgan fingerprint density at radius 3 is 2.29 bits per heavy atom. The molecule has 1 aliphatic heterocycles. The van der Waals surface area contributed by atoms with Gasteiger partial charge in [0.2, 0.25) is 0 Å². The molecule has 1 heterocycles. The Bertz CT molecular complexity index is 390. The fraction of sp³-hybridized carbons (Fsp3) is 0.882. The van der Waals surface area contributed by atoms with Crippen molar-refractivity contribution >= 4 is 23.4 Å². The zero-order valence-corrected chi connectivity index (χ0v) is 13.4. The first-order valence-corrected chi connectivity index (χ1v) is 8.94. The zero-order chi connectivity index (χ0) is 14.9. The monoisotopic (exact) mass is 312 g/mol. The van der Waals surface area contributed by atoms with Gasteiger partial charge in [0, 0.05) is 6.42 Å². The van der Waals surface area contributed by atoms with E-state index in [-0.39, 0.29) is 5.78 Å². The first kappa shape index (κ1) is 15.3. The molecule has 2 saturated carbocycles. The molecular weight excluding hydrogens is 288 g/mol. The van der Waals surface area contributed by atoms with Gasteiger partial charge in [-0.1, -0.05) is 38.5 Å². The van der Waals surface area contributed by atoms with Crippen LogP contribution in [0.3, 0.4) is 0 Å². The largest absolute Gasteiger partial charge is 0.457 e. The fourth-order valence-corrected chi connectivity index (χ4v) is 4.70. The number of rotatable bonds is 4. The second kappa shape index (κ2) is 6.28. The second-order valence-corrected chi connectivity index (χ2v) is 7.60. The minimum absolute atomic E-state index is 0.133. The van der Waals surface area contributed by atoms with Gasteiger partial charge in [-0.3, -0.25) is 4.79 Å². The van der Waals surface area contributed by atoms with Crippen LogP contribution in [0.15, 0.2) is 0 Å². The van der Waals surface area contributed by atoms with Gasteiger partial charge in [-0.2, -0.15) is 0 Å². The number of ketones is 1. The third-order valence-electron chi connectivity index (χ3n) is 5.82. The molecule has 2 atom stereocenters. The van der Waals surface area contributed by atoms with Crippen LogP contribution >= 0.6 is 11.6 Å². The maximum Gasteiger partial charge on any atom is 0.332 e. The molecule has 3 aliphatic rings. The van der Waals surface area contributed by atoms with E-state index in [4.69, 9.17) is 16.3 Å². The standard InChI is InChI=1S/C17H25ClO3/c18-15-14(19)11-17(21-16(15)20,13-7-3-4-8-13)10-9-12-5-1-2-6-12/h12-13,15H,1-11H2. The van der Waals surface area contributed by atoms with E-state index in [1.54, 1.807) is 0 Å². The number of esters is 1. The zero-order valence-electron chi connectivity index (χ0n) is 12.6. The van der Waals surface area contributed by atoms with E-state index < -0.39 is 16.9 Å². The highest BCUT2D eigenvalue weighted by Crippen LogP contribution is 2.46. The Balaban J connectivity index is 1.74. The second-order valence-electron chi connectivity index (χ2n) is 7.16. The van der Waals surface area contributed by atoms with E-state index in [1.165, 1.54) is 38.5 Å². The molecule has 0 radical (unpaired) electrons. The van der Waals surface area contributed by atoms with E-state index in [0.717, 1.165) is 31.6 Å². The number of ether oxygens (including phenoxy) is 1. The molecule has 2 aliphatic carbocycles. The summed E-state index contributed by atoms with van der Waals surface area (Å²) in [6.07, 6.45) is 12.0. The van der Waals surface area contributed by atoms with Crippen molar-refractivity contribution in [2.45, 2.75) is 81.6 Å². The molecule has 0 bridgehead atoms. The van der Waals surface area contributed by atoms with Gasteiger partial charge >= 0.3 is 5.97 Å². The van der Waals surface area contributed by atoms with E-state index in [9.17, 15) is 9.59 Å². The van der Waals surface area contributed by atoms with Gasteiger partial charge in [-0.05, 0) is 37.5 Å². The highest BCUT2D eigenvalue weighted by Gasteiger charge is 2.51. The Morgan fingerprint density at radius 1 is 1.05 bits per heavy atom. The van der Waals surface area contributed by atoms with E-state index in [0.29, 0.717) is 12.3 Å². The third-order valence-corrected chi connectivity index (χ3v) is 6.24. The molecule has 3 fully saturated rings. The van der Waals surface area contributed by atoms with Crippen LogP contribution < -0.4 is 0 Å². The molecule has 118 valence electrons. The molecule has 0 amide bonds. The molecule has 0 aromatic carbocycles. The summed E-state index contributed by atoms with van der Waals surface area (Å²) in [7, 11) is 0. The van der Waals surface area contributed by atoms with Crippen LogP contribution in [0, 0.1) is 11.8 Å². The van der Waals surface area contributed by atoms with Crippen LogP contribution in [0.5, 0.6) is 0 Å². The quantitative estimate of drug-likeness (QED) is 0.447. The summed E-state index contributed by atoms with van der Waals surface area (Å²) in [5.41, 5.74) is -0.543. The molecule has 0 aromatic heterocycles. The van der Waals surface area contributed by atoms with E-state index in [2.05, 4.69) is 0 Å². The lowest BCUT2D eigenvalue weighted by Crippen LogP contribution is -2.52. The predicted octanol–water partition coefficient (Wildman–Crippen LogP) is 4.01. The van der Waals surface area contributed by atoms with Gasteiger partial charge < -0.3 is 4.74 Å². The maximum absolute atomic E-state index is 12.1. The first-order valence-electron chi connectivity index (χ1n) is 8.50. The number of hydrogen-bond acceptors (Lipinski definition) is 3. The first-order chi connectivity index (χ1) is 10.1. The average Bonchev–Trinajstić information content (AvgIpc) is 3.15. The van der Waals surface area contributed by atoms with Gasteiger partial charge in [-0.25, -0.2) is 4.79 Å². The minimum Gasteiger partial charge on any atom is -0.457 e. The van der Waals surface area contributed by atoms with Crippen LogP contribution in [0.4, 0.5) is 0 Å². The summed E-state index contributed by atoms with van der Waals surface area (Å²) in [5.74, 6) is 0.472. The van der Waals surface area contributed by atoms with Crippen molar-refractivity contribution in [1.29, 1.82) is 0 Å². The Kier molecular flexibility index (Phi) is 4.58. The van der Waals surface area contributed by atoms with Crippen LogP contribution in [0.2, 0.25) is 0 Å². The van der Waals surface area contributed by atoms with Crippen molar-refractivity contribution in [2.75, 3.05) is 0 Å². The van der Waals surface area contributed by atoms with Gasteiger partial charge in [0.1, 0.15) is 5.60 Å². The molecule has 3 rings (SSSR count). The summed E-state index contributed by atoms with van der Waals surface area (Å²) in [6.45, 7) is 0. The summed E-state index contributed by atoms with van der Waals surface area (Å²) in [6, 6.07) is 0. The van der Waals surface area contributed by atoms with Crippen molar-refractivity contribution in [3.63, 3.8) is 0 Å². The van der Waals surface area contributed by atoms with Crippen molar-refractivity contribution in [3.05, 3.63) is 0 Å². The topological polar surface area (TPSA) is 43.4 Å². The molecule has 3 nitrogen and oxygen atoms in total. The lowest BCUT2D eigenvalue weighted by atomic mass is 9.75. The summed E-state index contributed by atoms with van der Waals surface area (Å²) < 4.78 is 5.81. The van der Waals surface area contributed by atoms with Gasteiger partial charge in [0.05, 0.1) is 0 Å². The molecule has 21 heavy (non-hydrogen) atoms. The van der Waals surface area contributed by atoms with E-state index >= 15 is 0 Å². The van der Waals surface area contributed by atoms with Crippen LogP contribution in [-0.4, -0.2) is 22.7 Å². The Labute approximate surface area is 131 Å². The predicted molar refractivity (Wildman–Crippen MR) is 81.2 cm³/mol. The summed E-state index contributed by atoms with van der Waals surface area (Å²) in [5, 5.41) is -1.08. The SMILES string of the molecule is O=C1CC(CCC2CCCC2)(C2CCCC2)OC(=O)C1Cl. The van der Waals surface area contributed by atoms with Crippen molar-refractivity contribution < 1.29 is 14.3 Å². The lowest BCUT2D eigenvalue weighted by Gasteiger charge is -2.42. The lowest BCUT2D eigenvalue weighted by molar-refractivity contribution is -0.178. The van der Waals surface area contributed by atoms with Gasteiger partial charge in [0.25, 0.3) is 0 Å². The molecule has 4 heteroatoms. The molecule has 2 unspecified atom stereocenters. The minimum atomic E-state index is -1.08. The van der Waals surface area contributed by atoms with Gasteiger partial charge in [-0.15, -0.1) is 11.6 Å². The normalized spacial score (nSPS) is 35.4. The smallest absolute Gasteiger partial charge is 0.332 e.